The second kappa shape index (κ2) is 14.3. The summed E-state index contributed by atoms with van der Waals surface area (Å²) in [6, 6.07) is 12.7. The highest BCUT2D eigenvalue weighted by atomic mass is 79.9. The van der Waals surface area contributed by atoms with E-state index in [1.165, 1.54) is 0 Å². The predicted molar refractivity (Wildman–Crippen MR) is 101 cm³/mol. The molecule has 0 aliphatic rings. The van der Waals surface area contributed by atoms with Crippen LogP contribution in [0.25, 0.3) is 0 Å². The van der Waals surface area contributed by atoms with Crippen molar-refractivity contribution in [2.45, 2.75) is 28.2 Å². The molecular formula is C19H23BrF2O3. The van der Waals surface area contributed by atoms with Crippen LogP contribution >= 0.6 is 15.9 Å². The molecular weight excluding hydrogens is 394 g/mol. The van der Waals surface area contributed by atoms with E-state index < -0.39 is 13.3 Å². The highest BCUT2D eigenvalue weighted by Crippen LogP contribution is 2.11. The van der Waals surface area contributed by atoms with E-state index in [-0.39, 0.29) is 20.6 Å². The van der Waals surface area contributed by atoms with E-state index in [1.54, 1.807) is 48.5 Å². The minimum absolute atomic E-state index is 0. The Morgan fingerprint density at radius 3 is 1.72 bits per heavy atom. The van der Waals surface area contributed by atoms with Crippen LogP contribution in [0.2, 0.25) is 0 Å². The number of carbonyl (C=O) groups excluding carboxylic acids is 2. The second-order valence-electron chi connectivity index (χ2n) is 4.38. The van der Waals surface area contributed by atoms with Gasteiger partial charge in [0, 0.05) is 5.56 Å². The van der Waals surface area contributed by atoms with Gasteiger partial charge in [-0.3, -0.25) is 9.59 Å². The maximum absolute atomic E-state index is 12.0. The summed E-state index contributed by atoms with van der Waals surface area (Å²) in [6.45, 7) is -0.644. The molecule has 0 aliphatic carbocycles. The lowest BCUT2D eigenvalue weighted by Crippen LogP contribution is -1.99. The normalized spacial score (nSPS) is 8.76. The SMILES string of the molecule is C.C.O=C(CBr)c1ccc(CF)cc1.O=COc1ccc(CF)cc1. The third kappa shape index (κ3) is 9.10. The van der Waals surface area contributed by atoms with Crippen molar-refractivity contribution < 1.29 is 23.1 Å². The molecule has 0 heterocycles. The van der Waals surface area contributed by atoms with Gasteiger partial charge in [0.1, 0.15) is 19.1 Å². The summed E-state index contributed by atoms with van der Waals surface area (Å²) in [5, 5.41) is 0.308. The molecule has 0 spiro atoms. The van der Waals surface area contributed by atoms with Crippen LogP contribution < -0.4 is 4.74 Å². The Labute approximate surface area is 156 Å². The number of hydrogen-bond acceptors (Lipinski definition) is 3. The molecule has 0 aliphatic heterocycles. The molecule has 0 atom stereocenters. The minimum Gasteiger partial charge on any atom is -0.429 e. The Hall–Kier alpha value is -2.08. The molecule has 0 N–H and O–H groups in total. The number of halogens is 3. The average molecular weight is 417 g/mol. The minimum atomic E-state index is -0.499. The van der Waals surface area contributed by atoms with Gasteiger partial charge in [-0.2, -0.15) is 0 Å². The van der Waals surface area contributed by atoms with E-state index in [2.05, 4.69) is 20.7 Å². The summed E-state index contributed by atoms with van der Waals surface area (Å²) in [4.78, 5) is 20.9. The lowest BCUT2D eigenvalue weighted by molar-refractivity contribution is -0.120. The molecule has 0 radical (unpaired) electrons. The van der Waals surface area contributed by atoms with Crippen molar-refractivity contribution in [3.05, 3.63) is 65.2 Å². The highest BCUT2D eigenvalue weighted by Gasteiger charge is 2.02. The van der Waals surface area contributed by atoms with Crippen molar-refractivity contribution in [1.82, 2.24) is 0 Å². The van der Waals surface area contributed by atoms with Gasteiger partial charge in [0.05, 0.1) is 5.33 Å². The summed E-state index contributed by atoms with van der Waals surface area (Å²) in [5.74, 6) is 0.442. The Kier molecular flexibility index (Phi) is 14.4. The van der Waals surface area contributed by atoms with Crippen molar-refractivity contribution in [2.24, 2.45) is 0 Å². The first kappa shape index (κ1) is 25.2. The van der Waals surface area contributed by atoms with Gasteiger partial charge in [0.2, 0.25) is 0 Å². The number of ketones is 1. The topological polar surface area (TPSA) is 43.4 Å². The van der Waals surface area contributed by atoms with Crippen molar-refractivity contribution in [1.29, 1.82) is 0 Å². The van der Waals surface area contributed by atoms with Crippen LogP contribution in [0.3, 0.4) is 0 Å². The van der Waals surface area contributed by atoms with Gasteiger partial charge < -0.3 is 4.74 Å². The van der Waals surface area contributed by atoms with E-state index in [9.17, 15) is 18.4 Å². The van der Waals surface area contributed by atoms with E-state index in [4.69, 9.17) is 0 Å². The summed E-state index contributed by atoms with van der Waals surface area (Å²) < 4.78 is 28.5. The predicted octanol–water partition coefficient (Wildman–Crippen LogP) is 5.70. The number of rotatable bonds is 6. The summed E-state index contributed by atoms with van der Waals surface area (Å²) in [6.07, 6.45) is 0. The third-order valence-corrected chi connectivity index (χ3v) is 3.32. The maximum Gasteiger partial charge on any atom is 0.298 e. The van der Waals surface area contributed by atoms with Crippen LogP contribution in [0, 0.1) is 0 Å². The number of ether oxygens (including phenoxy) is 1. The molecule has 6 heteroatoms. The molecule has 0 bridgehead atoms. The Morgan fingerprint density at radius 1 is 0.920 bits per heavy atom. The van der Waals surface area contributed by atoms with Crippen molar-refractivity contribution in [3.8, 4) is 5.75 Å². The molecule has 25 heavy (non-hydrogen) atoms. The van der Waals surface area contributed by atoms with Gasteiger partial charge in [0.25, 0.3) is 6.47 Å². The molecule has 2 rings (SSSR count). The Morgan fingerprint density at radius 2 is 1.36 bits per heavy atom. The first-order valence-corrected chi connectivity index (χ1v) is 7.76. The fourth-order valence-corrected chi connectivity index (χ4v) is 1.89. The third-order valence-electron chi connectivity index (χ3n) is 2.81. The van der Waals surface area contributed by atoms with Crippen LogP contribution in [-0.2, 0) is 18.1 Å². The summed E-state index contributed by atoms with van der Waals surface area (Å²) in [5.41, 5.74) is 1.79. The lowest BCUT2D eigenvalue weighted by atomic mass is 10.1. The van der Waals surface area contributed by atoms with Gasteiger partial charge in [-0.15, -0.1) is 0 Å². The number of carbonyl (C=O) groups is 2. The molecule has 2 aromatic rings. The number of benzene rings is 2. The smallest absolute Gasteiger partial charge is 0.298 e. The standard InChI is InChI=1S/C9H8BrFO.C8H7FO2.2CH4/c10-5-9(12)8-3-1-7(6-11)2-4-8;9-5-7-1-3-8(4-2-7)11-6-10;;/h1-4H,5-6H2;1-4,6H,5H2;2*1H4. The average Bonchev–Trinajstić information content (AvgIpc) is 2.62. The fraction of sp³-hybridized carbons (Fsp3) is 0.263. The zero-order chi connectivity index (χ0) is 17.1. The van der Waals surface area contributed by atoms with E-state index in [0.717, 1.165) is 0 Å². The molecule has 0 saturated heterocycles. The van der Waals surface area contributed by atoms with Gasteiger partial charge in [-0.25, -0.2) is 8.78 Å². The summed E-state index contributed by atoms with van der Waals surface area (Å²) in [7, 11) is 0. The van der Waals surface area contributed by atoms with Crippen molar-refractivity contribution in [3.63, 3.8) is 0 Å². The molecule has 0 saturated carbocycles. The largest absolute Gasteiger partial charge is 0.429 e. The van der Waals surface area contributed by atoms with Crippen molar-refractivity contribution in [2.75, 3.05) is 5.33 Å². The zero-order valence-electron chi connectivity index (χ0n) is 12.2. The Bertz CT molecular complexity index is 614. The number of Topliss-reactive ketones (excluding diaryl/α,β-unsaturated/α-hetero) is 1. The molecule has 0 amide bonds. The second-order valence-corrected chi connectivity index (χ2v) is 4.94. The first-order valence-electron chi connectivity index (χ1n) is 6.63. The van der Waals surface area contributed by atoms with Crippen molar-refractivity contribution >= 4 is 28.2 Å². The molecule has 138 valence electrons. The van der Waals surface area contributed by atoms with Crippen LogP contribution in [-0.4, -0.2) is 17.6 Å². The van der Waals surface area contributed by atoms with Gasteiger partial charge in [0.15, 0.2) is 5.78 Å². The lowest BCUT2D eigenvalue weighted by Gasteiger charge is -1.97. The number of hydrogen-bond donors (Lipinski definition) is 0. The maximum atomic E-state index is 12.0. The van der Waals surface area contributed by atoms with Gasteiger partial charge in [-0.05, 0) is 23.3 Å². The van der Waals surface area contributed by atoms with Gasteiger partial charge in [-0.1, -0.05) is 67.2 Å². The molecule has 3 nitrogen and oxygen atoms in total. The van der Waals surface area contributed by atoms with Crippen LogP contribution in [0.1, 0.15) is 36.3 Å². The van der Waals surface area contributed by atoms with Gasteiger partial charge >= 0.3 is 0 Å². The molecule has 2 aromatic carbocycles. The van der Waals surface area contributed by atoms with E-state index >= 15 is 0 Å². The van der Waals surface area contributed by atoms with E-state index in [0.29, 0.717) is 34.2 Å². The van der Waals surface area contributed by atoms with Crippen LogP contribution in [0.5, 0.6) is 5.75 Å². The quantitative estimate of drug-likeness (QED) is 0.344. The highest BCUT2D eigenvalue weighted by molar-refractivity contribution is 9.09. The first-order chi connectivity index (χ1) is 11.1. The fourth-order valence-electron chi connectivity index (χ4n) is 1.57. The monoisotopic (exact) mass is 416 g/mol. The Balaban J connectivity index is 0. The molecule has 0 aromatic heterocycles. The summed E-state index contributed by atoms with van der Waals surface area (Å²) >= 11 is 3.06. The van der Waals surface area contributed by atoms with E-state index in [1.807, 2.05) is 0 Å². The zero-order valence-corrected chi connectivity index (χ0v) is 13.8. The molecule has 0 fully saturated rings. The number of alkyl halides is 3. The molecule has 0 unspecified atom stereocenters. The van der Waals surface area contributed by atoms with Crippen LogP contribution in [0.4, 0.5) is 8.78 Å². The van der Waals surface area contributed by atoms with Crippen LogP contribution in [0.15, 0.2) is 48.5 Å².